The Labute approximate surface area is 121 Å². The highest BCUT2D eigenvalue weighted by Gasteiger charge is 2.26. The molecule has 0 aliphatic heterocycles. The van der Waals surface area contributed by atoms with Crippen LogP contribution in [0.5, 0.6) is 5.75 Å². The van der Waals surface area contributed by atoms with E-state index >= 15 is 0 Å². The maximum atomic E-state index is 11.6. The number of esters is 1. The van der Waals surface area contributed by atoms with Crippen molar-refractivity contribution in [2.75, 3.05) is 0 Å². The van der Waals surface area contributed by atoms with Crippen LogP contribution >= 0.6 is 0 Å². The highest BCUT2D eigenvalue weighted by Crippen LogP contribution is 2.34. The minimum atomic E-state index is -0.115. The molecule has 2 rings (SSSR count). The number of ether oxygens (including phenoxy) is 1. The molecule has 3 nitrogen and oxygen atoms in total. The van der Waals surface area contributed by atoms with Gasteiger partial charge in [-0.1, -0.05) is 32.9 Å². The summed E-state index contributed by atoms with van der Waals surface area (Å²) < 4.78 is 5.25. The SMILES string of the molecule is Cc1cc(CCC(=O)OC2CC2)cc(C(C)(C)C)c1O. The molecule has 1 aliphatic carbocycles. The van der Waals surface area contributed by atoms with E-state index in [9.17, 15) is 9.90 Å². The first-order valence-corrected chi connectivity index (χ1v) is 7.30. The van der Waals surface area contributed by atoms with Crippen LogP contribution in [0, 0.1) is 6.92 Å². The monoisotopic (exact) mass is 276 g/mol. The Morgan fingerprint density at radius 2 is 2.00 bits per heavy atom. The highest BCUT2D eigenvalue weighted by atomic mass is 16.5. The first kappa shape index (κ1) is 14.9. The predicted octanol–water partition coefficient (Wildman–Crippen LogP) is 3.64. The van der Waals surface area contributed by atoms with Crippen LogP contribution in [0.4, 0.5) is 0 Å². The molecule has 0 amide bonds. The summed E-state index contributed by atoms with van der Waals surface area (Å²) in [5.74, 6) is 0.248. The quantitative estimate of drug-likeness (QED) is 0.854. The minimum Gasteiger partial charge on any atom is -0.507 e. The number of hydrogen-bond acceptors (Lipinski definition) is 3. The van der Waals surface area contributed by atoms with Gasteiger partial charge < -0.3 is 9.84 Å². The second-order valence-corrected chi connectivity index (χ2v) is 6.75. The van der Waals surface area contributed by atoms with Crippen LogP contribution in [0.25, 0.3) is 0 Å². The van der Waals surface area contributed by atoms with Crippen LogP contribution in [-0.2, 0) is 21.4 Å². The van der Waals surface area contributed by atoms with Gasteiger partial charge in [0.1, 0.15) is 11.9 Å². The summed E-state index contributed by atoms with van der Waals surface area (Å²) in [6, 6.07) is 3.96. The van der Waals surface area contributed by atoms with Gasteiger partial charge in [0.2, 0.25) is 0 Å². The third-order valence-corrected chi connectivity index (χ3v) is 3.61. The van der Waals surface area contributed by atoms with Crippen molar-refractivity contribution in [3.63, 3.8) is 0 Å². The summed E-state index contributed by atoms with van der Waals surface area (Å²) in [6.45, 7) is 8.13. The second-order valence-electron chi connectivity index (χ2n) is 6.75. The molecule has 1 saturated carbocycles. The fourth-order valence-electron chi connectivity index (χ4n) is 2.25. The van der Waals surface area contributed by atoms with E-state index in [0.29, 0.717) is 18.6 Å². The fourth-order valence-corrected chi connectivity index (χ4v) is 2.25. The Morgan fingerprint density at radius 1 is 1.35 bits per heavy atom. The normalized spacial score (nSPS) is 15.2. The van der Waals surface area contributed by atoms with Crippen molar-refractivity contribution >= 4 is 5.97 Å². The van der Waals surface area contributed by atoms with E-state index in [1.165, 1.54) is 0 Å². The average Bonchev–Trinajstić information content (AvgIpc) is 3.13. The Kier molecular flexibility index (Phi) is 4.07. The van der Waals surface area contributed by atoms with Gasteiger partial charge in [0.25, 0.3) is 0 Å². The zero-order valence-electron chi connectivity index (χ0n) is 12.8. The Morgan fingerprint density at radius 3 is 2.55 bits per heavy atom. The molecule has 0 heterocycles. The van der Waals surface area contributed by atoms with Gasteiger partial charge in [-0.25, -0.2) is 0 Å². The fraction of sp³-hybridized carbons (Fsp3) is 0.588. The standard InChI is InChI=1S/C17H24O3/c1-11-9-12(5-8-15(18)20-13-6-7-13)10-14(16(11)19)17(2,3)4/h9-10,13,19H,5-8H2,1-4H3. The van der Waals surface area contributed by atoms with Crippen molar-refractivity contribution in [2.45, 2.75) is 64.9 Å². The van der Waals surface area contributed by atoms with Crippen LogP contribution in [0.15, 0.2) is 12.1 Å². The molecule has 1 fully saturated rings. The zero-order valence-corrected chi connectivity index (χ0v) is 12.8. The molecule has 1 aromatic rings. The molecule has 1 N–H and O–H groups in total. The lowest BCUT2D eigenvalue weighted by atomic mass is 9.83. The first-order valence-electron chi connectivity index (χ1n) is 7.30. The third kappa shape index (κ3) is 3.75. The van der Waals surface area contributed by atoms with E-state index < -0.39 is 0 Å². The van der Waals surface area contributed by atoms with Crippen LogP contribution in [-0.4, -0.2) is 17.2 Å². The lowest BCUT2D eigenvalue weighted by molar-refractivity contribution is -0.144. The Balaban J connectivity index is 2.07. The molecule has 0 atom stereocenters. The molecule has 110 valence electrons. The molecular weight excluding hydrogens is 252 g/mol. The summed E-state index contributed by atoms with van der Waals surface area (Å²) in [4.78, 5) is 11.6. The number of phenolic OH excluding ortho intramolecular Hbond substituents is 1. The lowest BCUT2D eigenvalue weighted by Gasteiger charge is -2.22. The van der Waals surface area contributed by atoms with Gasteiger partial charge in [0.05, 0.1) is 0 Å². The average molecular weight is 276 g/mol. The number of hydrogen-bond donors (Lipinski definition) is 1. The van der Waals surface area contributed by atoms with Crippen LogP contribution < -0.4 is 0 Å². The van der Waals surface area contributed by atoms with Crippen molar-refractivity contribution in [3.8, 4) is 5.75 Å². The van der Waals surface area contributed by atoms with Gasteiger partial charge in [-0.05, 0) is 48.3 Å². The summed E-state index contributed by atoms with van der Waals surface area (Å²) in [7, 11) is 0. The number of aryl methyl sites for hydroxylation is 2. The maximum absolute atomic E-state index is 11.6. The van der Waals surface area contributed by atoms with Crippen LogP contribution in [0.3, 0.4) is 0 Å². The molecule has 1 aromatic carbocycles. The molecule has 0 bridgehead atoms. The number of aromatic hydroxyl groups is 1. The first-order chi connectivity index (χ1) is 9.27. The maximum Gasteiger partial charge on any atom is 0.306 e. The molecule has 20 heavy (non-hydrogen) atoms. The number of benzene rings is 1. The van der Waals surface area contributed by atoms with Crippen LogP contribution in [0.1, 0.15) is 56.7 Å². The van der Waals surface area contributed by atoms with Gasteiger partial charge in [0, 0.05) is 6.42 Å². The number of phenols is 1. The second kappa shape index (κ2) is 5.47. The predicted molar refractivity (Wildman–Crippen MR) is 79.0 cm³/mol. The van der Waals surface area contributed by atoms with E-state index in [0.717, 1.165) is 29.5 Å². The topological polar surface area (TPSA) is 46.5 Å². The number of rotatable bonds is 4. The zero-order chi connectivity index (χ0) is 14.9. The molecular formula is C17H24O3. The molecule has 0 aromatic heterocycles. The summed E-state index contributed by atoms with van der Waals surface area (Å²) in [5, 5.41) is 10.2. The molecule has 0 radical (unpaired) electrons. The van der Waals surface area contributed by atoms with Gasteiger partial charge in [-0.3, -0.25) is 4.79 Å². The summed E-state index contributed by atoms with van der Waals surface area (Å²) in [6.07, 6.45) is 3.27. The molecule has 0 unspecified atom stereocenters. The Bertz CT molecular complexity index is 508. The largest absolute Gasteiger partial charge is 0.507 e. The molecule has 1 aliphatic rings. The van der Waals surface area contributed by atoms with E-state index in [1.807, 2.05) is 19.1 Å². The van der Waals surface area contributed by atoms with E-state index in [2.05, 4.69) is 20.8 Å². The summed E-state index contributed by atoms with van der Waals surface area (Å²) >= 11 is 0. The summed E-state index contributed by atoms with van der Waals surface area (Å²) in [5.41, 5.74) is 2.77. The van der Waals surface area contributed by atoms with Crippen molar-refractivity contribution in [3.05, 3.63) is 28.8 Å². The van der Waals surface area contributed by atoms with E-state index in [-0.39, 0.29) is 17.5 Å². The van der Waals surface area contributed by atoms with Crippen molar-refractivity contribution in [2.24, 2.45) is 0 Å². The number of carbonyl (C=O) groups excluding carboxylic acids is 1. The van der Waals surface area contributed by atoms with Gasteiger partial charge in [0.15, 0.2) is 0 Å². The van der Waals surface area contributed by atoms with E-state index in [1.54, 1.807) is 0 Å². The third-order valence-electron chi connectivity index (χ3n) is 3.61. The number of carbonyl (C=O) groups is 1. The highest BCUT2D eigenvalue weighted by molar-refractivity contribution is 5.70. The molecule has 0 saturated heterocycles. The molecule has 3 heteroatoms. The minimum absolute atomic E-state index is 0.112. The van der Waals surface area contributed by atoms with Crippen LogP contribution in [0.2, 0.25) is 0 Å². The van der Waals surface area contributed by atoms with Gasteiger partial charge in [-0.15, -0.1) is 0 Å². The van der Waals surface area contributed by atoms with Crippen molar-refractivity contribution in [1.29, 1.82) is 0 Å². The van der Waals surface area contributed by atoms with Gasteiger partial charge >= 0.3 is 5.97 Å². The van der Waals surface area contributed by atoms with E-state index in [4.69, 9.17) is 4.74 Å². The lowest BCUT2D eigenvalue weighted by Crippen LogP contribution is -2.13. The smallest absolute Gasteiger partial charge is 0.306 e. The van der Waals surface area contributed by atoms with Gasteiger partial charge in [-0.2, -0.15) is 0 Å². The Hall–Kier alpha value is -1.51. The molecule has 0 spiro atoms. The van der Waals surface area contributed by atoms with Crippen molar-refractivity contribution in [1.82, 2.24) is 0 Å². The van der Waals surface area contributed by atoms with Crippen molar-refractivity contribution < 1.29 is 14.6 Å².